The Kier molecular flexibility index (Phi) is 6.46. The number of hydrogen-bond donors (Lipinski definition) is 1. The van der Waals surface area contributed by atoms with E-state index in [-0.39, 0.29) is 10.5 Å². The number of carbonyl (C=O) groups is 1. The first kappa shape index (κ1) is 20.5. The van der Waals surface area contributed by atoms with Gasteiger partial charge in [-0.25, -0.2) is 13.8 Å². The summed E-state index contributed by atoms with van der Waals surface area (Å²) in [5.74, 6) is -0.509. The molecular weight excluding hydrogens is 402 g/mol. The van der Waals surface area contributed by atoms with Gasteiger partial charge in [-0.05, 0) is 31.2 Å². The van der Waals surface area contributed by atoms with E-state index in [4.69, 9.17) is 16.3 Å². The molecule has 1 aliphatic rings. The molecule has 0 radical (unpaired) electrons. The largest absolute Gasteiger partial charge is 0.379 e. The van der Waals surface area contributed by atoms with Gasteiger partial charge in [0.05, 0.1) is 23.8 Å². The lowest BCUT2D eigenvalue weighted by Crippen LogP contribution is -2.40. The number of morpholine rings is 1. The van der Waals surface area contributed by atoms with Gasteiger partial charge in [-0.1, -0.05) is 35.9 Å². The number of benzene rings is 2. The van der Waals surface area contributed by atoms with Gasteiger partial charge in [0.15, 0.2) is 0 Å². The molecule has 1 aliphatic heterocycles. The van der Waals surface area contributed by atoms with Crippen LogP contribution in [0.15, 0.2) is 58.5 Å². The minimum Gasteiger partial charge on any atom is -0.379 e. The lowest BCUT2D eigenvalue weighted by Gasteiger charge is -2.26. The zero-order chi connectivity index (χ0) is 20.1. The first-order chi connectivity index (χ1) is 13.4. The standard InChI is InChI=1S/C19H20ClN3O4S/c1-14(17-7-2-3-8-18(17)20)21-22-19(24)15-5-4-6-16(13-15)28(25,26)23-9-11-27-12-10-23/h2-8,13H,9-12H2,1H3,(H,22,24)/b21-14+. The maximum Gasteiger partial charge on any atom is 0.271 e. The van der Waals surface area contributed by atoms with Crippen molar-refractivity contribution in [3.8, 4) is 0 Å². The third-order valence-electron chi connectivity index (χ3n) is 4.29. The van der Waals surface area contributed by atoms with E-state index >= 15 is 0 Å². The van der Waals surface area contributed by atoms with Crippen LogP contribution in [-0.2, 0) is 14.8 Å². The Morgan fingerprint density at radius 1 is 1.14 bits per heavy atom. The van der Waals surface area contributed by atoms with Crippen LogP contribution in [0, 0.1) is 0 Å². The second-order valence-electron chi connectivity index (χ2n) is 6.16. The van der Waals surface area contributed by atoms with E-state index in [1.807, 2.05) is 6.07 Å². The minimum atomic E-state index is -3.68. The SMILES string of the molecule is C/C(=N\NC(=O)c1cccc(S(=O)(=O)N2CCOCC2)c1)c1ccccc1Cl. The van der Waals surface area contributed by atoms with Crippen LogP contribution < -0.4 is 5.43 Å². The van der Waals surface area contributed by atoms with Gasteiger partial charge in [0.2, 0.25) is 10.0 Å². The Balaban J connectivity index is 1.77. The Bertz CT molecular complexity index is 1000. The van der Waals surface area contributed by atoms with Gasteiger partial charge in [0, 0.05) is 29.2 Å². The number of nitrogens with one attached hydrogen (secondary N) is 1. The van der Waals surface area contributed by atoms with Crippen LogP contribution in [0.3, 0.4) is 0 Å². The second-order valence-corrected chi connectivity index (χ2v) is 8.51. The normalized spacial score (nSPS) is 16.0. The van der Waals surface area contributed by atoms with Gasteiger partial charge in [-0.15, -0.1) is 0 Å². The van der Waals surface area contributed by atoms with Crippen LogP contribution in [0.1, 0.15) is 22.8 Å². The molecule has 1 N–H and O–H groups in total. The summed E-state index contributed by atoms with van der Waals surface area (Å²) >= 11 is 6.12. The quantitative estimate of drug-likeness (QED) is 0.593. The third-order valence-corrected chi connectivity index (χ3v) is 6.52. The predicted octanol–water partition coefficient (Wildman–Crippen LogP) is 2.51. The molecule has 148 valence electrons. The Morgan fingerprint density at radius 3 is 2.57 bits per heavy atom. The van der Waals surface area contributed by atoms with Crippen LogP contribution in [-0.4, -0.2) is 50.6 Å². The van der Waals surface area contributed by atoms with Crippen molar-refractivity contribution >= 4 is 33.2 Å². The Labute approximate surface area is 169 Å². The van der Waals surface area contributed by atoms with Crippen molar-refractivity contribution in [1.29, 1.82) is 0 Å². The molecule has 2 aromatic carbocycles. The first-order valence-corrected chi connectivity index (χ1v) is 10.5. The summed E-state index contributed by atoms with van der Waals surface area (Å²) in [5.41, 5.74) is 3.88. The molecule has 0 bridgehead atoms. The summed E-state index contributed by atoms with van der Waals surface area (Å²) in [6, 6.07) is 13.0. The maximum absolute atomic E-state index is 12.7. The molecule has 0 atom stereocenters. The summed E-state index contributed by atoms with van der Waals surface area (Å²) < 4.78 is 32.0. The van der Waals surface area contributed by atoms with Gasteiger partial charge in [-0.2, -0.15) is 9.41 Å². The van der Waals surface area contributed by atoms with Gasteiger partial charge < -0.3 is 4.74 Å². The Hall–Kier alpha value is -2.26. The van der Waals surface area contributed by atoms with E-state index < -0.39 is 15.9 Å². The van der Waals surface area contributed by atoms with Gasteiger partial charge in [0.1, 0.15) is 0 Å². The lowest BCUT2D eigenvalue weighted by molar-refractivity contribution is 0.0730. The smallest absolute Gasteiger partial charge is 0.271 e. The average molecular weight is 422 g/mol. The highest BCUT2D eigenvalue weighted by Crippen LogP contribution is 2.19. The average Bonchev–Trinajstić information content (AvgIpc) is 2.73. The van der Waals surface area contributed by atoms with Crippen molar-refractivity contribution in [2.24, 2.45) is 5.10 Å². The molecule has 2 aromatic rings. The molecule has 1 fully saturated rings. The molecular formula is C19H20ClN3O4S. The van der Waals surface area contributed by atoms with Crippen molar-refractivity contribution < 1.29 is 17.9 Å². The van der Waals surface area contributed by atoms with Gasteiger partial charge in [0.25, 0.3) is 5.91 Å². The fraction of sp³-hybridized carbons (Fsp3) is 0.263. The predicted molar refractivity (Wildman–Crippen MR) is 107 cm³/mol. The van der Waals surface area contributed by atoms with Crippen LogP contribution >= 0.6 is 11.6 Å². The van der Waals surface area contributed by atoms with E-state index in [0.29, 0.717) is 42.6 Å². The van der Waals surface area contributed by atoms with Crippen molar-refractivity contribution in [2.45, 2.75) is 11.8 Å². The second kappa shape index (κ2) is 8.83. The fourth-order valence-electron chi connectivity index (χ4n) is 2.75. The zero-order valence-corrected chi connectivity index (χ0v) is 16.8. The van der Waals surface area contributed by atoms with Gasteiger partial charge >= 0.3 is 0 Å². The van der Waals surface area contributed by atoms with Gasteiger partial charge in [-0.3, -0.25) is 4.79 Å². The Morgan fingerprint density at radius 2 is 1.86 bits per heavy atom. The molecule has 0 aliphatic carbocycles. The number of carbonyl (C=O) groups excluding carboxylic acids is 1. The molecule has 0 unspecified atom stereocenters. The maximum atomic E-state index is 12.7. The van der Waals surface area contributed by atoms with E-state index in [0.717, 1.165) is 0 Å². The first-order valence-electron chi connectivity index (χ1n) is 8.67. The molecule has 1 amide bonds. The monoisotopic (exact) mass is 421 g/mol. The highest BCUT2D eigenvalue weighted by Gasteiger charge is 2.26. The number of sulfonamides is 1. The van der Waals surface area contributed by atoms with Crippen molar-refractivity contribution in [3.63, 3.8) is 0 Å². The highest BCUT2D eigenvalue weighted by atomic mass is 35.5. The number of amides is 1. The summed E-state index contributed by atoms with van der Waals surface area (Å²) in [4.78, 5) is 12.5. The van der Waals surface area contributed by atoms with E-state index in [2.05, 4.69) is 10.5 Å². The van der Waals surface area contributed by atoms with E-state index in [9.17, 15) is 13.2 Å². The molecule has 3 rings (SSSR count). The van der Waals surface area contributed by atoms with Crippen molar-refractivity contribution in [1.82, 2.24) is 9.73 Å². The molecule has 0 saturated carbocycles. The number of rotatable bonds is 5. The molecule has 1 heterocycles. The van der Waals surface area contributed by atoms with Crippen LogP contribution in [0.5, 0.6) is 0 Å². The van der Waals surface area contributed by atoms with Crippen molar-refractivity contribution in [2.75, 3.05) is 26.3 Å². The lowest BCUT2D eigenvalue weighted by atomic mass is 10.1. The van der Waals surface area contributed by atoms with Crippen LogP contribution in [0.2, 0.25) is 5.02 Å². The summed E-state index contributed by atoms with van der Waals surface area (Å²) in [6.45, 7) is 3.02. The van der Waals surface area contributed by atoms with Crippen LogP contribution in [0.25, 0.3) is 0 Å². The number of halogens is 1. The molecule has 0 spiro atoms. The van der Waals surface area contributed by atoms with Crippen LogP contribution in [0.4, 0.5) is 0 Å². The molecule has 7 nitrogen and oxygen atoms in total. The highest BCUT2D eigenvalue weighted by molar-refractivity contribution is 7.89. The number of hydrazone groups is 1. The molecule has 1 saturated heterocycles. The fourth-order valence-corrected chi connectivity index (χ4v) is 4.47. The molecule has 9 heteroatoms. The third kappa shape index (κ3) is 4.59. The summed E-state index contributed by atoms with van der Waals surface area (Å²) in [7, 11) is -3.68. The summed E-state index contributed by atoms with van der Waals surface area (Å²) in [6.07, 6.45) is 0. The topological polar surface area (TPSA) is 88.1 Å². The number of ether oxygens (including phenoxy) is 1. The molecule has 28 heavy (non-hydrogen) atoms. The summed E-state index contributed by atoms with van der Waals surface area (Å²) in [5, 5.41) is 4.59. The minimum absolute atomic E-state index is 0.0638. The number of nitrogens with zero attached hydrogens (tertiary/aromatic N) is 2. The van der Waals surface area contributed by atoms with E-state index in [1.54, 1.807) is 25.1 Å². The van der Waals surface area contributed by atoms with Crippen molar-refractivity contribution in [3.05, 3.63) is 64.7 Å². The number of hydrogen-bond acceptors (Lipinski definition) is 5. The zero-order valence-electron chi connectivity index (χ0n) is 15.3. The van der Waals surface area contributed by atoms with E-state index in [1.165, 1.54) is 28.6 Å². The molecule has 0 aromatic heterocycles.